The van der Waals surface area contributed by atoms with Crippen LogP contribution in [0.15, 0.2) is 54.6 Å². The third-order valence-electron chi connectivity index (χ3n) is 4.84. The molecule has 0 saturated heterocycles. The summed E-state index contributed by atoms with van der Waals surface area (Å²) in [6, 6.07) is 18.6. The molecule has 144 valence electrons. The van der Waals surface area contributed by atoms with E-state index in [1.165, 1.54) is 0 Å². The summed E-state index contributed by atoms with van der Waals surface area (Å²) in [4.78, 5) is 24.8. The molecule has 3 rings (SSSR count). The minimum atomic E-state index is -0.785. The number of hydrogen-bond donors (Lipinski definition) is 2. The summed E-state index contributed by atoms with van der Waals surface area (Å²) in [7, 11) is 0. The number of ether oxygens (including phenoxy) is 1. The number of nitrogens with zero attached hydrogens (tertiary/aromatic N) is 1. The lowest BCUT2D eigenvalue weighted by atomic mass is 10.00. The Morgan fingerprint density at radius 1 is 1.04 bits per heavy atom. The lowest BCUT2D eigenvalue weighted by molar-refractivity contribution is -0.124. The summed E-state index contributed by atoms with van der Waals surface area (Å²) in [5.41, 5.74) is 0.571. The predicted molar refractivity (Wildman–Crippen MR) is 105 cm³/mol. The number of carbonyl (C=O) groups is 2. The molecule has 0 unspecified atom stereocenters. The van der Waals surface area contributed by atoms with Crippen molar-refractivity contribution in [3.63, 3.8) is 0 Å². The molecule has 2 amide bonds. The molecule has 0 bridgehead atoms. The second kappa shape index (κ2) is 9.05. The third-order valence-corrected chi connectivity index (χ3v) is 4.84. The molecule has 0 spiro atoms. The molecule has 2 aromatic rings. The number of nitriles is 1. The number of benzene rings is 2. The fourth-order valence-electron chi connectivity index (χ4n) is 3.34. The summed E-state index contributed by atoms with van der Waals surface area (Å²) < 4.78 is 5.59. The summed E-state index contributed by atoms with van der Waals surface area (Å²) in [5.74, 6) is -0.298. The molecule has 1 aliphatic carbocycles. The van der Waals surface area contributed by atoms with E-state index < -0.39 is 5.54 Å². The van der Waals surface area contributed by atoms with Gasteiger partial charge in [-0.15, -0.1) is 0 Å². The van der Waals surface area contributed by atoms with Gasteiger partial charge in [0, 0.05) is 6.54 Å². The van der Waals surface area contributed by atoms with Crippen molar-refractivity contribution in [2.45, 2.75) is 37.8 Å². The summed E-state index contributed by atoms with van der Waals surface area (Å²) in [6.45, 7) is 0.158. The smallest absolute Gasteiger partial charge is 0.259 e. The second-order valence-electron chi connectivity index (χ2n) is 6.90. The molecule has 2 aromatic carbocycles. The second-order valence-corrected chi connectivity index (χ2v) is 6.90. The lowest BCUT2D eigenvalue weighted by Gasteiger charge is -2.22. The number of carbonyl (C=O) groups excluding carboxylic acids is 2. The Morgan fingerprint density at radius 2 is 1.71 bits per heavy atom. The zero-order valence-electron chi connectivity index (χ0n) is 15.6. The number of rotatable bonds is 7. The van der Waals surface area contributed by atoms with Crippen LogP contribution in [0.5, 0.6) is 5.75 Å². The van der Waals surface area contributed by atoms with Crippen molar-refractivity contribution in [1.82, 2.24) is 10.6 Å². The van der Waals surface area contributed by atoms with Gasteiger partial charge >= 0.3 is 0 Å². The molecule has 1 saturated carbocycles. The van der Waals surface area contributed by atoms with E-state index in [1.54, 1.807) is 24.3 Å². The Balaban J connectivity index is 1.58. The zero-order valence-corrected chi connectivity index (χ0v) is 15.6. The van der Waals surface area contributed by atoms with Crippen LogP contribution in [0.4, 0.5) is 0 Å². The Bertz CT molecular complexity index is 868. The maximum absolute atomic E-state index is 12.5. The van der Waals surface area contributed by atoms with E-state index >= 15 is 0 Å². The van der Waals surface area contributed by atoms with Gasteiger partial charge in [0.2, 0.25) is 0 Å². The van der Waals surface area contributed by atoms with E-state index in [-0.39, 0.29) is 18.4 Å². The van der Waals surface area contributed by atoms with Crippen molar-refractivity contribution in [2.75, 3.05) is 6.61 Å². The van der Waals surface area contributed by atoms with E-state index in [1.807, 2.05) is 30.3 Å². The average molecular weight is 377 g/mol. The van der Waals surface area contributed by atoms with E-state index in [4.69, 9.17) is 4.74 Å². The van der Waals surface area contributed by atoms with Crippen molar-refractivity contribution in [2.24, 2.45) is 0 Å². The Kier molecular flexibility index (Phi) is 6.28. The Morgan fingerprint density at radius 3 is 2.43 bits per heavy atom. The first-order valence-electron chi connectivity index (χ1n) is 9.38. The Hall–Kier alpha value is -3.33. The number of nitrogens with one attached hydrogen (secondary N) is 2. The van der Waals surface area contributed by atoms with Crippen molar-refractivity contribution in [3.05, 3.63) is 65.7 Å². The van der Waals surface area contributed by atoms with Crippen LogP contribution in [0.1, 0.15) is 41.6 Å². The van der Waals surface area contributed by atoms with E-state index in [0.717, 1.165) is 18.4 Å². The van der Waals surface area contributed by atoms with Gasteiger partial charge in [0.05, 0.1) is 11.6 Å². The normalized spacial score (nSPS) is 14.7. The van der Waals surface area contributed by atoms with E-state index in [2.05, 4.69) is 16.7 Å². The monoisotopic (exact) mass is 377 g/mol. The molecule has 0 radical (unpaired) electrons. The van der Waals surface area contributed by atoms with Gasteiger partial charge in [-0.3, -0.25) is 9.59 Å². The highest BCUT2D eigenvalue weighted by Crippen LogP contribution is 2.28. The first kappa shape index (κ1) is 19.4. The molecule has 28 heavy (non-hydrogen) atoms. The van der Waals surface area contributed by atoms with Crippen molar-refractivity contribution in [3.8, 4) is 11.8 Å². The van der Waals surface area contributed by atoms with Crippen molar-refractivity contribution in [1.29, 1.82) is 5.26 Å². The van der Waals surface area contributed by atoms with Gasteiger partial charge in [-0.25, -0.2) is 0 Å². The highest BCUT2D eigenvalue weighted by atomic mass is 16.5. The number of para-hydroxylation sites is 1. The van der Waals surface area contributed by atoms with Crippen molar-refractivity contribution < 1.29 is 14.3 Å². The minimum absolute atomic E-state index is 0.244. The molecule has 0 heterocycles. The van der Waals surface area contributed by atoms with Gasteiger partial charge in [-0.2, -0.15) is 5.26 Å². The molecular weight excluding hydrogens is 354 g/mol. The highest BCUT2D eigenvalue weighted by molar-refractivity contribution is 5.97. The van der Waals surface area contributed by atoms with E-state index in [9.17, 15) is 14.9 Å². The fourth-order valence-corrected chi connectivity index (χ4v) is 3.34. The van der Waals surface area contributed by atoms with Crippen molar-refractivity contribution >= 4 is 11.8 Å². The zero-order chi connectivity index (χ0) is 19.8. The maximum atomic E-state index is 12.5. The number of hydrogen-bond acceptors (Lipinski definition) is 4. The van der Waals surface area contributed by atoms with Crippen LogP contribution in [-0.4, -0.2) is 24.0 Å². The number of amides is 2. The van der Waals surface area contributed by atoms with Crippen LogP contribution in [0, 0.1) is 11.3 Å². The fraction of sp³-hybridized carbons (Fsp3) is 0.318. The van der Waals surface area contributed by atoms with Gasteiger partial charge in [0.1, 0.15) is 11.3 Å². The molecule has 0 aromatic heterocycles. The summed E-state index contributed by atoms with van der Waals surface area (Å²) in [6.07, 6.45) is 3.18. The van der Waals surface area contributed by atoms with Gasteiger partial charge in [-0.05, 0) is 43.4 Å². The maximum Gasteiger partial charge on any atom is 0.259 e. The van der Waals surface area contributed by atoms with Crippen LogP contribution >= 0.6 is 0 Å². The molecule has 6 heteroatoms. The third kappa shape index (κ3) is 4.89. The molecule has 0 aliphatic heterocycles. The van der Waals surface area contributed by atoms with Crippen LogP contribution in [-0.2, 0) is 11.3 Å². The van der Waals surface area contributed by atoms with Crippen LogP contribution in [0.3, 0.4) is 0 Å². The first-order valence-corrected chi connectivity index (χ1v) is 9.38. The molecule has 2 N–H and O–H groups in total. The lowest BCUT2D eigenvalue weighted by Crippen LogP contribution is -2.47. The quantitative estimate of drug-likeness (QED) is 0.776. The summed E-state index contributed by atoms with van der Waals surface area (Å²) >= 11 is 0. The standard InChI is InChI=1S/C22H23N3O3/c23-16-22(12-6-7-13-22)25-20(26)15-28-19-11-5-4-10-18(19)21(27)24-14-17-8-2-1-3-9-17/h1-5,8-11H,6-7,12-15H2,(H,24,27)(H,25,26). The molecular formula is C22H23N3O3. The minimum Gasteiger partial charge on any atom is -0.483 e. The van der Waals surface area contributed by atoms with E-state index in [0.29, 0.717) is 30.7 Å². The molecule has 0 atom stereocenters. The molecule has 6 nitrogen and oxygen atoms in total. The van der Waals surface area contributed by atoms with Gasteiger partial charge < -0.3 is 15.4 Å². The first-order chi connectivity index (χ1) is 13.6. The van der Waals surface area contributed by atoms with Crippen LogP contribution in [0.2, 0.25) is 0 Å². The van der Waals surface area contributed by atoms with Crippen LogP contribution < -0.4 is 15.4 Å². The summed E-state index contributed by atoms with van der Waals surface area (Å²) in [5, 5.41) is 15.0. The Labute approximate surface area is 164 Å². The van der Waals surface area contributed by atoms with Gasteiger partial charge in [-0.1, -0.05) is 42.5 Å². The van der Waals surface area contributed by atoms with Gasteiger partial charge in [0.15, 0.2) is 6.61 Å². The average Bonchev–Trinajstić information content (AvgIpc) is 3.20. The highest BCUT2D eigenvalue weighted by Gasteiger charge is 2.35. The molecule has 1 fully saturated rings. The predicted octanol–water partition coefficient (Wildman–Crippen LogP) is 2.95. The SMILES string of the molecule is N#CC1(NC(=O)COc2ccccc2C(=O)NCc2ccccc2)CCCC1. The topological polar surface area (TPSA) is 91.2 Å². The molecule has 1 aliphatic rings. The largest absolute Gasteiger partial charge is 0.483 e. The van der Waals surface area contributed by atoms with Crippen LogP contribution in [0.25, 0.3) is 0 Å². The van der Waals surface area contributed by atoms with Gasteiger partial charge in [0.25, 0.3) is 11.8 Å².